The minimum atomic E-state index is -0.259. The Kier molecular flexibility index (Phi) is 6.79. The van der Waals surface area contributed by atoms with Crippen LogP contribution in [0.5, 0.6) is 0 Å². The van der Waals surface area contributed by atoms with Crippen LogP contribution >= 0.6 is 0 Å². The molecule has 1 aromatic rings. The Labute approximate surface area is 144 Å². The van der Waals surface area contributed by atoms with E-state index in [-0.39, 0.29) is 17.9 Å². The van der Waals surface area contributed by atoms with E-state index < -0.39 is 0 Å². The number of rotatable bonds is 5. The average Bonchev–Trinajstić information content (AvgIpc) is 2.59. The fourth-order valence-electron chi connectivity index (χ4n) is 3.17. The highest BCUT2D eigenvalue weighted by Crippen LogP contribution is 2.23. The van der Waals surface area contributed by atoms with Crippen molar-refractivity contribution in [3.8, 4) is 0 Å². The predicted octanol–water partition coefficient (Wildman–Crippen LogP) is 2.20. The van der Waals surface area contributed by atoms with Gasteiger partial charge in [-0.05, 0) is 64.1 Å². The topological polar surface area (TPSA) is 61.4 Å². The second kappa shape index (κ2) is 8.83. The van der Waals surface area contributed by atoms with E-state index >= 15 is 0 Å². The van der Waals surface area contributed by atoms with Gasteiger partial charge in [0.05, 0.1) is 6.04 Å². The van der Waals surface area contributed by atoms with E-state index in [9.17, 15) is 9.59 Å². The van der Waals surface area contributed by atoms with Crippen LogP contribution in [0.25, 0.3) is 0 Å². The van der Waals surface area contributed by atoms with Gasteiger partial charge in [0, 0.05) is 6.92 Å². The number of likely N-dealkylation sites (tertiary alicyclic amines) is 1. The van der Waals surface area contributed by atoms with Crippen LogP contribution in [0.1, 0.15) is 44.2 Å². The summed E-state index contributed by atoms with van der Waals surface area (Å²) in [5.41, 5.74) is 7.53. The van der Waals surface area contributed by atoms with E-state index in [1.807, 2.05) is 6.92 Å². The van der Waals surface area contributed by atoms with Crippen molar-refractivity contribution in [3.05, 3.63) is 35.4 Å². The third-order valence-electron chi connectivity index (χ3n) is 4.90. The first-order valence-electron chi connectivity index (χ1n) is 8.81. The fraction of sp³-hybridized carbons (Fsp3) is 0.579. The number of carbonyl (C=O) groups is 2. The van der Waals surface area contributed by atoms with Crippen molar-refractivity contribution in [1.29, 1.82) is 0 Å². The molecule has 2 rings (SSSR count). The van der Waals surface area contributed by atoms with Gasteiger partial charge >= 0.3 is 0 Å². The Morgan fingerprint density at radius 1 is 1.17 bits per heavy atom. The molecule has 0 saturated carbocycles. The normalized spacial score (nSPS) is 17.3. The molecule has 0 aliphatic carbocycles. The summed E-state index contributed by atoms with van der Waals surface area (Å²) >= 11 is 0. The van der Waals surface area contributed by atoms with Gasteiger partial charge < -0.3 is 0 Å². The average molecular weight is 331 g/mol. The van der Waals surface area contributed by atoms with Crippen molar-refractivity contribution in [1.82, 2.24) is 15.8 Å². The number of benzene rings is 1. The molecule has 1 aliphatic heterocycles. The Hall–Kier alpha value is -1.88. The van der Waals surface area contributed by atoms with E-state index in [4.69, 9.17) is 0 Å². The highest BCUT2D eigenvalue weighted by atomic mass is 16.2. The van der Waals surface area contributed by atoms with Gasteiger partial charge in [0.15, 0.2) is 0 Å². The Morgan fingerprint density at radius 2 is 1.79 bits per heavy atom. The van der Waals surface area contributed by atoms with Crippen LogP contribution in [-0.2, 0) is 16.0 Å². The number of hydrogen-bond acceptors (Lipinski definition) is 3. The van der Waals surface area contributed by atoms with Crippen molar-refractivity contribution >= 4 is 11.8 Å². The molecule has 1 heterocycles. The number of piperidine rings is 1. The van der Waals surface area contributed by atoms with Crippen LogP contribution in [0.15, 0.2) is 24.3 Å². The Morgan fingerprint density at radius 3 is 2.38 bits per heavy atom. The maximum Gasteiger partial charge on any atom is 0.255 e. The van der Waals surface area contributed by atoms with Gasteiger partial charge in [-0.2, -0.15) is 0 Å². The lowest BCUT2D eigenvalue weighted by molar-refractivity contribution is -0.131. The SMILES string of the molecule is CC(=O)NNC(=O)[C@@H](C)N1CCC(CCc2ccc(C)cc2)CC1. The van der Waals surface area contributed by atoms with Crippen LogP contribution < -0.4 is 10.9 Å². The molecule has 2 N–H and O–H groups in total. The summed E-state index contributed by atoms with van der Waals surface area (Å²) in [5, 5.41) is 0. The highest BCUT2D eigenvalue weighted by Gasteiger charge is 2.26. The molecule has 1 atom stereocenters. The predicted molar refractivity (Wildman–Crippen MR) is 95.2 cm³/mol. The highest BCUT2D eigenvalue weighted by molar-refractivity contribution is 5.84. The first kappa shape index (κ1) is 18.5. The van der Waals surface area contributed by atoms with E-state index in [1.165, 1.54) is 24.5 Å². The Bertz CT molecular complexity index is 548. The molecule has 5 nitrogen and oxygen atoms in total. The molecule has 0 unspecified atom stereocenters. The van der Waals surface area contributed by atoms with Crippen LogP contribution in [-0.4, -0.2) is 35.8 Å². The zero-order chi connectivity index (χ0) is 17.5. The molecular formula is C19H29N3O2. The van der Waals surface area contributed by atoms with E-state index in [0.29, 0.717) is 0 Å². The lowest BCUT2D eigenvalue weighted by atomic mass is 9.90. The van der Waals surface area contributed by atoms with Crippen LogP contribution in [0.4, 0.5) is 0 Å². The summed E-state index contributed by atoms with van der Waals surface area (Å²) in [5.74, 6) is 0.321. The summed E-state index contributed by atoms with van der Waals surface area (Å²) in [6.45, 7) is 7.26. The van der Waals surface area contributed by atoms with Gasteiger partial charge in [-0.25, -0.2) is 0 Å². The molecule has 0 aromatic heterocycles. The largest absolute Gasteiger partial charge is 0.292 e. The number of nitrogens with zero attached hydrogens (tertiary/aromatic N) is 1. The van der Waals surface area contributed by atoms with Crippen LogP contribution in [0.3, 0.4) is 0 Å². The summed E-state index contributed by atoms with van der Waals surface area (Å²) in [4.78, 5) is 25.1. The quantitative estimate of drug-likeness (QED) is 0.813. The number of amides is 2. The molecule has 1 aromatic carbocycles. The maximum atomic E-state index is 12.0. The third kappa shape index (κ3) is 5.64. The molecule has 0 bridgehead atoms. The molecule has 1 saturated heterocycles. The zero-order valence-corrected chi connectivity index (χ0v) is 15.0. The van der Waals surface area contributed by atoms with Gasteiger partial charge in [-0.1, -0.05) is 29.8 Å². The van der Waals surface area contributed by atoms with Gasteiger partial charge in [0.1, 0.15) is 0 Å². The van der Waals surface area contributed by atoms with Crippen molar-refractivity contribution in [2.75, 3.05) is 13.1 Å². The van der Waals surface area contributed by atoms with Crippen molar-refractivity contribution in [2.24, 2.45) is 5.92 Å². The van der Waals surface area contributed by atoms with Gasteiger partial charge in [-0.15, -0.1) is 0 Å². The van der Waals surface area contributed by atoms with Crippen molar-refractivity contribution in [2.45, 2.75) is 52.5 Å². The summed E-state index contributed by atoms with van der Waals surface area (Å²) in [7, 11) is 0. The van der Waals surface area contributed by atoms with E-state index in [2.05, 4.69) is 46.9 Å². The monoisotopic (exact) mass is 331 g/mol. The van der Waals surface area contributed by atoms with Crippen molar-refractivity contribution < 1.29 is 9.59 Å². The third-order valence-corrected chi connectivity index (χ3v) is 4.90. The molecule has 5 heteroatoms. The molecule has 0 radical (unpaired) electrons. The molecule has 0 spiro atoms. The molecule has 24 heavy (non-hydrogen) atoms. The summed E-state index contributed by atoms with van der Waals surface area (Å²) in [6, 6.07) is 8.58. The first-order chi connectivity index (χ1) is 11.5. The van der Waals surface area contributed by atoms with E-state index in [0.717, 1.165) is 38.3 Å². The van der Waals surface area contributed by atoms with Crippen LogP contribution in [0, 0.1) is 12.8 Å². The number of hydrogen-bond donors (Lipinski definition) is 2. The maximum absolute atomic E-state index is 12.0. The van der Waals surface area contributed by atoms with Gasteiger partial charge in [0.2, 0.25) is 5.91 Å². The van der Waals surface area contributed by atoms with Gasteiger partial charge in [-0.3, -0.25) is 25.3 Å². The molecule has 132 valence electrons. The number of carbonyl (C=O) groups excluding carboxylic acids is 2. The van der Waals surface area contributed by atoms with Crippen LogP contribution in [0.2, 0.25) is 0 Å². The molecule has 1 fully saturated rings. The fourth-order valence-corrected chi connectivity index (χ4v) is 3.17. The minimum absolute atomic E-state index is 0.150. The molecule has 1 aliphatic rings. The van der Waals surface area contributed by atoms with Gasteiger partial charge in [0.25, 0.3) is 5.91 Å². The summed E-state index contributed by atoms with van der Waals surface area (Å²) < 4.78 is 0. The summed E-state index contributed by atoms with van der Waals surface area (Å²) in [6.07, 6.45) is 4.60. The molecular weight excluding hydrogens is 302 g/mol. The first-order valence-corrected chi connectivity index (χ1v) is 8.81. The number of nitrogens with one attached hydrogen (secondary N) is 2. The Balaban J connectivity index is 1.71. The van der Waals surface area contributed by atoms with E-state index in [1.54, 1.807) is 0 Å². The molecule has 2 amide bonds. The zero-order valence-electron chi connectivity index (χ0n) is 15.0. The van der Waals surface area contributed by atoms with Crippen molar-refractivity contribution in [3.63, 3.8) is 0 Å². The standard InChI is InChI=1S/C19H29N3O2/c1-14-4-6-17(7-5-14)8-9-18-10-12-22(13-11-18)15(2)19(24)21-20-16(3)23/h4-7,15,18H,8-13H2,1-3H3,(H,20,23)(H,21,24)/t15-/m1/s1. The lowest BCUT2D eigenvalue weighted by Gasteiger charge is -2.35. The second-order valence-corrected chi connectivity index (χ2v) is 6.85. The second-order valence-electron chi connectivity index (χ2n) is 6.85. The lowest BCUT2D eigenvalue weighted by Crippen LogP contribution is -2.52. The number of aryl methyl sites for hydroxylation is 2. The minimum Gasteiger partial charge on any atom is -0.292 e. The number of hydrazine groups is 1. The smallest absolute Gasteiger partial charge is 0.255 e.